The summed E-state index contributed by atoms with van der Waals surface area (Å²) >= 11 is 0. The molecule has 2 aromatic carbocycles. The second-order valence-electron chi connectivity index (χ2n) is 8.05. The fourth-order valence-electron chi connectivity index (χ4n) is 3.64. The third-order valence-electron chi connectivity index (χ3n) is 5.67. The molecule has 32 heavy (non-hydrogen) atoms. The largest absolute Gasteiger partial charge is 0.454 e. The fraction of sp³-hybridized carbons (Fsp3) is 0.435. The molecule has 9 heteroatoms. The first-order valence-corrected chi connectivity index (χ1v) is 10.4. The molecule has 1 fully saturated rings. The van der Waals surface area contributed by atoms with Crippen LogP contribution in [0.3, 0.4) is 0 Å². The molecular weight excluding hydrogens is 423 g/mol. The number of ether oxygens (including phenoxy) is 3. The summed E-state index contributed by atoms with van der Waals surface area (Å²) in [6.07, 6.45) is -2.13. The highest BCUT2D eigenvalue weighted by molar-refractivity contribution is 5.79. The van der Waals surface area contributed by atoms with Gasteiger partial charge < -0.3 is 24.8 Å². The van der Waals surface area contributed by atoms with Crippen molar-refractivity contribution in [2.45, 2.75) is 37.6 Å². The van der Waals surface area contributed by atoms with Gasteiger partial charge in [-0.25, -0.2) is 0 Å². The monoisotopic (exact) mass is 449 g/mol. The molecule has 1 saturated carbocycles. The Morgan fingerprint density at radius 2 is 1.75 bits per heavy atom. The summed E-state index contributed by atoms with van der Waals surface area (Å²) in [6, 6.07) is 13.4. The highest BCUT2D eigenvalue weighted by atomic mass is 19.4. The molecule has 172 valence electrons. The molecular formula is C23H26F3N3O3. The molecule has 0 spiro atoms. The molecule has 1 heterocycles. The van der Waals surface area contributed by atoms with Crippen LogP contribution in [0, 0.1) is 0 Å². The van der Waals surface area contributed by atoms with E-state index in [-0.39, 0.29) is 18.8 Å². The van der Waals surface area contributed by atoms with Crippen LogP contribution in [0.25, 0.3) is 0 Å². The predicted molar refractivity (Wildman–Crippen MR) is 114 cm³/mol. The van der Waals surface area contributed by atoms with Crippen molar-refractivity contribution in [1.29, 1.82) is 0 Å². The minimum Gasteiger partial charge on any atom is -0.454 e. The summed E-state index contributed by atoms with van der Waals surface area (Å²) in [5.74, 6) is 2.27. The van der Waals surface area contributed by atoms with Crippen LogP contribution in [0.2, 0.25) is 0 Å². The van der Waals surface area contributed by atoms with Gasteiger partial charge in [0.1, 0.15) is 6.61 Å². The highest BCUT2D eigenvalue weighted by Crippen LogP contribution is 2.49. The summed E-state index contributed by atoms with van der Waals surface area (Å²) in [7, 11) is 1.72. The van der Waals surface area contributed by atoms with Crippen LogP contribution in [0.4, 0.5) is 13.2 Å². The first-order chi connectivity index (χ1) is 15.4. The van der Waals surface area contributed by atoms with Crippen molar-refractivity contribution in [3.05, 3.63) is 59.2 Å². The zero-order chi connectivity index (χ0) is 22.6. The summed E-state index contributed by atoms with van der Waals surface area (Å²) in [6.45, 7) is 0.245. The van der Waals surface area contributed by atoms with Gasteiger partial charge >= 0.3 is 6.18 Å². The lowest BCUT2D eigenvalue weighted by Crippen LogP contribution is -2.40. The lowest BCUT2D eigenvalue weighted by atomic mass is 9.95. The molecule has 2 aromatic rings. The molecule has 0 bridgehead atoms. The van der Waals surface area contributed by atoms with Crippen LogP contribution in [0.5, 0.6) is 11.5 Å². The van der Waals surface area contributed by atoms with Crippen LogP contribution in [-0.2, 0) is 23.3 Å². The van der Waals surface area contributed by atoms with Gasteiger partial charge in [0.05, 0.1) is 6.61 Å². The number of nitrogens with one attached hydrogen (secondary N) is 2. The second-order valence-corrected chi connectivity index (χ2v) is 8.05. The van der Waals surface area contributed by atoms with E-state index in [9.17, 15) is 13.2 Å². The first-order valence-electron chi connectivity index (χ1n) is 10.4. The average Bonchev–Trinajstić information content (AvgIpc) is 3.41. The van der Waals surface area contributed by atoms with Crippen LogP contribution >= 0.6 is 0 Å². The zero-order valence-corrected chi connectivity index (χ0v) is 17.8. The Kier molecular flexibility index (Phi) is 6.45. The van der Waals surface area contributed by atoms with Gasteiger partial charge in [0.25, 0.3) is 0 Å². The number of fused-ring (bicyclic) bond motifs is 1. The molecule has 0 radical (unpaired) electrons. The molecule has 0 aromatic heterocycles. The lowest BCUT2D eigenvalue weighted by molar-refractivity contribution is -0.176. The highest BCUT2D eigenvalue weighted by Gasteiger charge is 2.44. The van der Waals surface area contributed by atoms with E-state index in [1.807, 2.05) is 18.2 Å². The van der Waals surface area contributed by atoms with Gasteiger partial charge in [-0.1, -0.05) is 30.3 Å². The van der Waals surface area contributed by atoms with Crippen molar-refractivity contribution in [1.82, 2.24) is 10.6 Å². The van der Waals surface area contributed by atoms with Crippen LogP contribution in [0.1, 0.15) is 29.5 Å². The van der Waals surface area contributed by atoms with E-state index in [4.69, 9.17) is 9.47 Å². The topological polar surface area (TPSA) is 64.1 Å². The lowest BCUT2D eigenvalue weighted by Gasteiger charge is -2.19. The van der Waals surface area contributed by atoms with Crippen molar-refractivity contribution in [2.75, 3.05) is 27.0 Å². The molecule has 1 aliphatic heterocycles. The van der Waals surface area contributed by atoms with E-state index in [1.165, 1.54) is 5.56 Å². The maximum atomic E-state index is 12.2. The van der Waals surface area contributed by atoms with E-state index < -0.39 is 12.8 Å². The van der Waals surface area contributed by atoms with Gasteiger partial charge in [-0.15, -0.1) is 0 Å². The SMILES string of the molecule is CN=C(NCc1ccc(COCC(F)(F)F)cc1)NCC1(c2ccc3c(c2)OCO3)CC1. The number of hydrogen-bond donors (Lipinski definition) is 2. The molecule has 0 atom stereocenters. The molecule has 0 amide bonds. The summed E-state index contributed by atoms with van der Waals surface area (Å²) in [5.41, 5.74) is 2.98. The Morgan fingerprint density at radius 1 is 1.03 bits per heavy atom. The maximum Gasteiger partial charge on any atom is 0.411 e. The zero-order valence-electron chi connectivity index (χ0n) is 17.8. The Hall–Kier alpha value is -2.94. The minimum atomic E-state index is -4.31. The summed E-state index contributed by atoms with van der Waals surface area (Å²) in [5, 5.41) is 6.68. The fourth-order valence-corrected chi connectivity index (χ4v) is 3.64. The van der Waals surface area contributed by atoms with E-state index >= 15 is 0 Å². The quantitative estimate of drug-likeness (QED) is 0.473. The van der Waals surface area contributed by atoms with Gasteiger partial charge in [-0.2, -0.15) is 13.2 Å². The van der Waals surface area contributed by atoms with E-state index in [1.54, 1.807) is 19.2 Å². The molecule has 6 nitrogen and oxygen atoms in total. The maximum absolute atomic E-state index is 12.2. The Labute approximate surface area is 184 Å². The van der Waals surface area contributed by atoms with Gasteiger partial charge in [0.15, 0.2) is 17.5 Å². The smallest absolute Gasteiger partial charge is 0.411 e. The van der Waals surface area contributed by atoms with E-state index in [0.29, 0.717) is 18.1 Å². The second kappa shape index (κ2) is 9.28. The summed E-state index contributed by atoms with van der Waals surface area (Å²) < 4.78 is 52.1. The number of benzene rings is 2. The third-order valence-corrected chi connectivity index (χ3v) is 5.67. The van der Waals surface area contributed by atoms with E-state index in [0.717, 1.165) is 36.4 Å². The Bertz CT molecular complexity index is 957. The molecule has 2 aliphatic rings. The number of halogens is 3. The van der Waals surface area contributed by atoms with Crippen molar-refractivity contribution >= 4 is 5.96 Å². The standard InChI is InChI=1S/C23H26F3N3O3/c1-27-21(28-11-16-2-4-17(5-3-16)12-30-14-23(24,25)26)29-13-22(8-9-22)18-6-7-19-20(10-18)32-15-31-19/h2-7,10H,8-9,11-15H2,1H3,(H2,27,28,29). The molecule has 0 unspecified atom stereocenters. The number of alkyl halides is 3. The number of aliphatic imine (C=N–C) groups is 1. The van der Waals surface area contributed by atoms with Crippen LogP contribution in [0.15, 0.2) is 47.5 Å². The average molecular weight is 449 g/mol. The molecule has 1 aliphatic carbocycles. The minimum absolute atomic E-state index is 0.0661. The van der Waals surface area contributed by atoms with Crippen molar-refractivity contribution < 1.29 is 27.4 Å². The van der Waals surface area contributed by atoms with Crippen molar-refractivity contribution in [3.8, 4) is 11.5 Å². The third kappa shape index (κ3) is 5.64. The number of nitrogens with zero attached hydrogens (tertiary/aromatic N) is 1. The van der Waals surface area contributed by atoms with Crippen molar-refractivity contribution in [2.24, 2.45) is 4.99 Å². The number of hydrogen-bond acceptors (Lipinski definition) is 4. The Balaban J connectivity index is 1.25. The van der Waals surface area contributed by atoms with Gasteiger partial charge in [0, 0.05) is 25.6 Å². The van der Waals surface area contributed by atoms with Crippen LogP contribution in [-0.4, -0.2) is 39.1 Å². The van der Waals surface area contributed by atoms with Crippen LogP contribution < -0.4 is 20.1 Å². The predicted octanol–water partition coefficient (Wildman–Crippen LogP) is 3.89. The molecule has 2 N–H and O–H groups in total. The molecule has 0 saturated heterocycles. The van der Waals surface area contributed by atoms with Gasteiger partial charge in [-0.05, 0) is 41.7 Å². The van der Waals surface area contributed by atoms with Gasteiger partial charge in [0.2, 0.25) is 6.79 Å². The summed E-state index contributed by atoms with van der Waals surface area (Å²) in [4.78, 5) is 4.29. The normalized spacial score (nSPS) is 16.7. The van der Waals surface area contributed by atoms with Gasteiger partial charge in [-0.3, -0.25) is 4.99 Å². The van der Waals surface area contributed by atoms with Crippen molar-refractivity contribution in [3.63, 3.8) is 0 Å². The Morgan fingerprint density at radius 3 is 2.44 bits per heavy atom. The number of rotatable bonds is 8. The first kappa shape index (κ1) is 22.3. The van der Waals surface area contributed by atoms with E-state index in [2.05, 4.69) is 32.5 Å². The molecule has 4 rings (SSSR count). The number of guanidine groups is 1.